The molecule has 2 aromatic carbocycles. The van der Waals surface area contributed by atoms with Crippen LogP contribution >= 0.6 is 0 Å². The summed E-state index contributed by atoms with van der Waals surface area (Å²) in [4.78, 5) is 0.237. The molecule has 4 nitrogen and oxygen atoms in total. The molecule has 0 saturated carbocycles. The van der Waals surface area contributed by atoms with Crippen LogP contribution in [0.1, 0.15) is 5.56 Å². The van der Waals surface area contributed by atoms with Crippen molar-refractivity contribution in [2.45, 2.75) is 11.8 Å². The molecule has 0 spiro atoms. The topological polar surface area (TPSA) is 57.6 Å². The summed E-state index contributed by atoms with van der Waals surface area (Å²) in [6.45, 7) is 1.88. The van der Waals surface area contributed by atoms with Crippen molar-refractivity contribution in [3.05, 3.63) is 48.0 Å². The van der Waals surface area contributed by atoms with Crippen molar-refractivity contribution < 1.29 is 13.5 Å². The lowest BCUT2D eigenvalue weighted by atomic mass is 10.0. The predicted octanol–water partition coefficient (Wildman–Crippen LogP) is 2.62. The average molecular weight is 291 g/mol. The molecule has 2 aromatic rings. The summed E-state index contributed by atoms with van der Waals surface area (Å²) in [7, 11) is -0.456. The molecule has 0 aromatic heterocycles. The van der Waals surface area contributed by atoms with E-state index in [-0.39, 0.29) is 10.6 Å². The van der Waals surface area contributed by atoms with Crippen molar-refractivity contribution in [3.63, 3.8) is 0 Å². The minimum Gasteiger partial charge on any atom is -0.508 e. The van der Waals surface area contributed by atoms with Gasteiger partial charge in [-0.2, -0.15) is 0 Å². The number of phenolic OH excluding ortho intramolecular Hbond substituents is 1. The van der Waals surface area contributed by atoms with Gasteiger partial charge in [0.15, 0.2) is 0 Å². The van der Waals surface area contributed by atoms with Gasteiger partial charge in [0.2, 0.25) is 10.0 Å². The highest BCUT2D eigenvalue weighted by molar-refractivity contribution is 7.89. The first-order valence-electron chi connectivity index (χ1n) is 6.14. The third kappa shape index (κ3) is 2.84. The quantitative estimate of drug-likeness (QED) is 0.945. The van der Waals surface area contributed by atoms with Gasteiger partial charge in [0.25, 0.3) is 0 Å². The van der Waals surface area contributed by atoms with Crippen LogP contribution in [0.4, 0.5) is 0 Å². The molecule has 5 heteroatoms. The van der Waals surface area contributed by atoms with E-state index >= 15 is 0 Å². The van der Waals surface area contributed by atoms with Gasteiger partial charge in [0.1, 0.15) is 5.75 Å². The maximum Gasteiger partial charge on any atom is 0.242 e. The summed E-state index contributed by atoms with van der Waals surface area (Å²) >= 11 is 0. The van der Waals surface area contributed by atoms with Crippen LogP contribution in [-0.2, 0) is 10.0 Å². The summed E-state index contributed by atoms with van der Waals surface area (Å²) in [6, 6.07) is 11.9. The zero-order valence-electron chi connectivity index (χ0n) is 11.7. The smallest absolute Gasteiger partial charge is 0.242 e. The highest BCUT2D eigenvalue weighted by atomic mass is 32.2. The molecule has 0 saturated heterocycles. The molecule has 0 aliphatic rings. The third-order valence-electron chi connectivity index (χ3n) is 3.01. The highest BCUT2D eigenvalue weighted by Gasteiger charge is 2.17. The summed E-state index contributed by atoms with van der Waals surface area (Å²) in [5.41, 5.74) is 2.46. The number of nitrogens with zero attached hydrogens (tertiary/aromatic N) is 1. The van der Waals surface area contributed by atoms with Gasteiger partial charge in [-0.05, 0) is 47.9 Å². The van der Waals surface area contributed by atoms with Crippen LogP contribution in [0, 0.1) is 6.92 Å². The predicted molar refractivity (Wildman–Crippen MR) is 79.2 cm³/mol. The molecule has 0 aliphatic carbocycles. The molecule has 0 atom stereocenters. The number of benzene rings is 2. The summed E-state index contributed by atoms with van der Waals surface area (Å²) in [5, 5.41) is 9.65. The van der Waals surface area contributed by atoms with Crippen LogP contribution in [0.3, 0.4) is 0 Å². The number of aryl methyl sites for hydroxylation is 1. The monoisotopic (exact) mass is 291 g/mol. The van der Waals surface area contributed by atoms with Gasteiger partial charge in [-0.1, -0.05) is 18.2 Å². The first-order valence-corrected chi connectivity index (χ1v) is 7.58. The van der Waals surface area contributed by atoms with Gasteiger partial charge in [0, 0.05) is 14.1 Å². The number of aromatic hydroxyl groups is 1. The number of hydrogen-bond donors (Lipinski definition) is 1. The minimum absolute atomic E-state index is 0.167. The second-order valence-corrected chi connectivity index (χ2v) is 7.02. The van der Waals surface area contributed by atoms with E-state index in [4.69, 9.17) is 0 Å². The second-order valence-electron chi connectivity index (χ2n) is 4.87. The first kappa shape index (κ1) is 14.6. The fourth-order valence-corrected chi connectivity index (χ4v) is 2.92. The third-order valence-corrected chi connectivity index (χ3v) is 4.82. The Hall–Kier alpha value is -1.85. The van der Waals surface area contributed by atoms with Crippen LogP contribution in [0.5, 0.6) is 5.75 Å². The summed E-state index contributed by atoms with van der Waals surface area (Å²) < 4.78 is 25.4. The van der Waals surface area contributed by atoms with Crippen molar-refractivity contribution in [3.8, 4) is 16.9 Å². The lowest BCUT2D eigenvalue weighted by molar-refractivity contribution is 0.475. The molecule has 0 amide bonds. The van der Waals surface area contributed by atoms with Crippen molar-refractivity contribution in [1.29, 1.82) is 0 Å². The Labute approximate surface area is 119 Å². The van der Waals surface area contributed by atoms with Gasteiger partial charge in [-0.15, -0.1) is 0 Å². The zero-order chi connectivity index (χ0) is 14.9. The molecule has 106 valence electrons. The van der Waals surface area contributed by atoms with Crippen molar-refractivity contribution in [2.24, 2.45) is 0 Å². The average Bonchev–Trinajstić information content (AvgIpc) is 2.37. The van der Waals surface area contributed by atoms with Crippen LogP contribution < -0.4 is 0 Å². The van der Waals surface area contributed by atoms with Gasteiger partial charge in [0.05, 0.1) is 4.90 Å². The van der Waals surface area contributed by atoms with Crippen LogP contribution in [0.25, 0.3) is 11.1 Å². The first-order chi connectivity index (χ1) is 9.30. The van der Waals surface area contributed by atoms with E-state index in [2.05, 4.69) is 0 Å². The molecular weight excluding hydrogens is 274 g/mol. The van der Waals surface area contributed by atoms with E-state index in [0.717, 1.165) is 16.7 Å². The fourth-order valence-electron chi connectivity index (χ4n) is 1.98. The summed E-state index contributed by atoms with van der Waals surface area (Å²) in [6.07, 6.45) is 0. The Balaban J connectivity index is 2.55. The highest BCUT2D eigenvalue weighted by Crippen LogP contribution is 2.27. The Morgan fingerprint density at radius 3 is 2.30 bits per heavy atom. The van der Waals surface area contributed by atoms with Crippen LogP contribution in [0.15, 0.2) is 47.4 Å². The molecule has 1 N–H and O–H groups in total. The molecule has 0 unspecified atom stereocenters. The lowest BCUT2D eigenvalue weighted by Crippen LogP contribution is -2.22. The van der Waals surface area contributed by atoms with Crippen molar-refractivity contribution in [1.82, 2.24) is 4.31 Å². The van der Waals surface area contributed by atoms with Gasteiger partial charge >= 0.3 is 0 Å². The van der Waals surface area contributed by atoms with Crippen LogP contribution in [-0.4, -0.2) is 31.9 Å². The molecule has 0 radical (unpaired) electrons. The molecule has 0 heterocycles. The fraction of sp³-hybridized carbons (Fsp3) is 0.200. The Kier molecular flexibility index (Phi) is 3.83. The largest absolute Gasteiger partial charge is 0.508 e. The Morgan fingerprint density at radius 1 is 1.00 bits per heavy atom. The standard InChI is InChI=1S/C15H17NO3S/c1-11-7-13(9-14(17)8-11)12-5-4-6-15(10-12)20(18,19)16(2)3/h4-10,17H,1-3H3. The molecular formula is C15H17NO3S. The number of phenols is 1. The van der Waals surface area contributed by atoms with Crippen molar-refractivity contribution >= 4 is 10.0 Å². The van der Waals surface area contributed by atoms with E-state index < -0.39 is 10.0 Å². The normalized spacial score (nSPS) is 11.8. The minimum atomic E-state index is -3.46. The molecule has 0 fully saturated rings. The van der Waals surface area contributed by atoms with E-state index in [9.17, 15) is 13.5 Å². The zero-order valence-corrected chi connectivity index (χ0v) is 12.5. The molecule has 0 bridgehead atoms. The van der Waals surface area contributed by atoms with E-state index in [1.54, 1.807) is 30.3 Å². The number of rotatable bonds is 3. The Morgan fingerprint density at radius 2 is 1.70 bits per heavy atom. The maximum absolute atomic E-state index is 12.1. The maximum atomic E-state index is 12.1. The summed E-state index contributed by atoms with van der Waals surface area (Å²) in [5.74, 6) is 0.167. The molecule has 2 rings (SSSR count). The van der Waals surface area contributed by atoms with Gasteiger partial charge in [-0.25, -0.2) is 12.7 Å². The second kappa shape index (κ2) is 5.26. The lowest BCUT2D eigenvalue weighted by Gasteiger charge is -2.12. The number of sulfonamides is 1. The van der Waals surface area contributed by atoms with E-state index in [1.165, 1.54) is 18.4 Å². The van der Waals surface area contributed by atoms with Crippen LogP contribution in [0.2, 0.25) is 0 Å². The van der Waals surface area contributed by atoms with Gasteiger partial charge in [-0.3, -0.25) is 0 Å². The van der Waals surface area contributed by atoms with Gasteiger partial charge < -0.3 is 5.11 Å². The molecule has 0 aliphatic heterocycles. The molecule has 20 heavy (non-hydrogen) atoms. The number of hydrogen-bond acceptors (Lipinski definition) is 3. The SMILES string of the molecule is Cc1cc(O)cc(-c2cccc(S(=O)(=O)N(C)C)c2)c1. The Bertz CT molecular complexity index is 716. The van der Waals surface area contributed by atoms with E-state index in [1.807, 2.05) is 19.1 Å². The van der Waals surface area contributed by atoms with Crippen molar-refractivity contribution in [2.75, 3.05) is 14.1 Å². The van der Waals surface area contributed by atoms with E-state index in [0.29, 0.717) is 0 Å².